The second-order valence-electron chi connectivity index (χ2n) is 5.45. The fourth-order valence-electron chi connectivity index (χ4n) is 2.86. The molecule has 0 N–H and O–H groups in total. The number of nitrogens with zero attached hydrogens (tertiary/aromatic N) is 3. The lowest BCUT2D eigenvalue weighted by atomic mass is 10.1. The van der Waals surface area contributed by atoms with Crippen LogP contribution in [-0.2, 0) is 0 Å². The summed E-state index contributed by atoms with van der Waals surface area (Å²) in [5.74, 6) is 0.0492. The summed E-state index contributed by atoms with van der Waals surface area (Å²) in [6, 6.07) is 8.60. The third kappa shape index (κ3) is 2.78. The zero-order valence-corrected chi connectivity index (χ0v) is 13.1. The summed E-state index contributed by atoms with van der Waals surface area (Å²) in [5, 5.41) is 1.82. The first-order chi connectivity index (χ1) is 10.2. The van der Waals surface area contributed by atoms with Crippen LogP contribution in [0.1, 0.15) is 23.0 Å². The highest BCUT2D eigenvalue weighted by atomic mass is 32.1. The van der Waals surface area contributed by atoms with Crippen LogP contribution in [0.25, 0.3) is 0 Å². The Morgan fingerprint density at radius 1 is 1.33 bits per heavy atom. The van der Waals surface area contributed by atoms with Crippen molar-refractivity contribution < 1.29 is 4.79 Å². The van der Waals surface area contributed by atoms with Crippen molar-refractivity contribution in [3.8, 4) is 0 Å². The summed E-state index contributed by atoms with van der Waals surface area (Å²) in [7, 11) is 0. The number of hydrogen-bond acceptors (Lipinski definition) is 4. The Morgan fingerprint density at radius 2 is 2.14 bits per heavy atom. The van der Waals surface area contributed by atoms with E-state index in [4.69, 9.17) is 0 Å². The Balaban J connectivity index is 1.73. The molecule has 1 aromatic carbocycles. The van der Waals surface area contributed by atoms with E-state index >= 15 is 0 Å². The molecule has 2 aromatic rings. The fourth-order valence-corrected chi connectivity index (χ4v) is 3.39. The molecule has 1 aliphatic rings. The smallest absolute Gasteiger partial charge is 0.273 e. The number of aromatic nitrogens is 1. The topological polar surface area (TPSA) is 36.4 Å². The summed E-state index contributed by atoms with van der Waals surface area (Å²) < 4.78 is 0. The van der Waals surface area contributed by atoms with Crippen LogP contribution < -0.4 is 4.90 Å². The first-order valence-electron chi connectivity index (χ1n) is 7.16. The Hall–Kier alpha value is -1.88. The third-order valence-corrected chi connectivity index (χ3v) is 4.58. The molecular weight excluding hydrogens is 282 g/mol. The molecule has 0 radical (unpaired) electrons. The minimum absolute atomic E-state index is 0.0492. The summed E-state index contributed by atoms with van der Waals surface area (Å²) in [4.78, 5) is 20.9. The number of thiazole rings is 1. The van der Waals surface area contributed by atoms with Gasteiger partial charge in [0.2, 0.25) is 0 Å². The molecule has 1 aromatic heterocycles. The minimum atomic E-state index is 0.0492. The molecule has 0 spiro atoms. The number of carbonyl (C=O) groups excluding carboxylic acids is 1. The molecule has 0 aliphatic carbocycles. The molecule has 2 heterocycles. The highest BCUT2D eigenvalue weighted by molar-refractivity contribution is 7.07. The number of anilines is 1. The van der Waals surface area contributed by atoms with Gasteiger partial charge in [-0.2, -0.15) is 0 Å². The predicted octanol–water partition coefficient (Wildman–Crippen LogP) is 2.80. The van der Waals surface area contributed by atoms with Gasteiger partial charge in [0.05, 0.1) is 5.51 Å². The van der Waals surface area contributed by atoms with E-state index < -0.39 is 0 Å². The molecule has 0 bridgehead atoms. The molecule has 1 fully saturated rings. The SMILES string of the molecule is Cc1ccccc1N1CCN(C(=O)c2cscn2)[C@@H](C)C1. The van der Waals surface area contributed by atoms with Crippen molar-refractivity contribution in [3.05, 3.63) is 46.4 Å². The zero-order valence-electron chi connectivity index (χ0n) is 12.3. The first kappa shape index (κ1) is 14.1. The third-order valence-electron chi connectivity index (χ3n) is 4.00. The molecule has 1 aliphatic heterocycles. The van der Waals surface area contributed by atoms with E-state index in [-0.39, 0.29) is 11.9 Å². The zero-order chi connectivity index (χ0) is 14.8. The summed E-state index contributed by atoms with van der Waals surface area (Å²) >= 11 is 1.46. The van der Waals surface area contributed by atoms with Gasteiger partial charge in [0.1, 0.15) is 5.69 Å². The summed E-state index contributed by atoms with van der Waals surface area (Å²) in [5.41, 5.74) is 4.83. The highest BCUT2D eigenvalue weighted by Gasteiger charge is 2.29. The van der Waals surface area contributed by atoms with Gasteiger partial charge in [-0.25, -0.2) is 4.98 Å². The number of para-hydroxylation sites is 1. The van der Waals surface area contributed by atoms with Gasteiger partial charge < -0.3 is 9.80 Å². The summed E-state index contributed by atoms with van der Waals surface area (Å²) in [6.45, 7) is 6.71. The molecule has 5 heteroatoms. The van der Waals surface area contributed by atoms with Gasteiger partial charge in [-0.1, -0.05) is 18.2 Å². The number of benzene rings is 1. The van der Waals surface area contributed by atoms with Crippen molar-refractivity contribution in [2.45, 2.75) is 19.9 Å². The Bertz CT molecular complexity index is 626. The van der Waals surface area contributed by atoms with Crippen LogP contribution in [0.2, 0.25) is 0 Å². The first-order valence-corrected chi connectivity index (χ1v) is 8.11. The molecule has 1 amide bonds. The van der Waals surface area contributed by atoms with Crippen LogP contribution in [0, 0.1) is 6.92 Å². The predicted molar refractivity (Wildman–Crippen MR) is 86.0 cm³/mol. The molecular formula is C16H19N3OS. The lowest BCUT2D eigenvalue weighted by molar-refractivity contribution is 0.0669. The molecule has 3 rings (SSSR count). The average molecular weight is 301 g/mol. The standard InChI is InChI=1S/C16H19N3OS/c1-12-5-3-4-6-15(12)18-7-8-19(13(2)9-18)16(20)14-10-21-11-17-14/h3-6,10-11,13H,7-9H2,1-2H3/t13-/m0/s1. The van der Waals surface area contributed by atoms with E-state index in [1.807, 2.05) is 10.3 Å². The lowest BCUT2D eigenvalue weighted by Gasteiger charge is -2.41. The second kappa shape index (κ2) is 5.85. The van der Waals surface area contributed by atoms with Crippen LogP contribution in [0.5, 0.6) is 0 Å². The van der Waals surface area contributed by atoms with Crippen LogP contribution in [-0.4, -0.2) is 41.5 Å². The summed E-state index contributed by atoms with van der Waals surface area (Å²) in [6.07, 6.45) is 0. The van der Waals surface area contributed by atoms with Crippen molar-refractivity contribution in [2.75, 3.05) is 24.5 Å². The molecule has 1 atom stereocenters. The molecule has 0 saturated carbocycles. The van der Waals surface area contributed by atoms with E-state index in [9.17, 15) is 4.79 Å². The number of amides is 1. The Morgan fingerprint density at radius 3 is 2.81 bits per heavy atom. The Labute approximate surface area is 129 Å². The maximum atomic E-state index is 12.4. The lowest BCUT2D eigenvalue weighted by Crippen LogP contribution is -2.54. The Kier molecular flexibility index (Phi) is 3.92. The van der Waals surface area contributed by atoms with E-state index in [1.165, 1.54) is 22.6 Å². The van der Waals surface area contributed by atoms with Crippen molar-refractivity contribution in [1.82, 2.24) is 9.88 Å². The monoisotopic (exact) mass is 301 g/mol. The number of rotatable bonds is 2. The number of hydrogen-bond donors (Lipinski definition) is 0. The van der Waals surface area contributed by atoms with Crippen LogP contribution in [0.15, 0.2) is 35.2 Å². The number of carbonyl (C=O) groups is 1. The molecule has 1 saturated heterocycles. The number of piperazine rings is 1. The van der Waals surface area contributed by atoms with Crippen LogP contribution in [0.3, 0.4) is 0 Å². The molecule has 21 heavy (non-hydrogen) atoms. The number of aryl methyl sites for hydroxylation is 1. The van der Waals surface area contributed by atoms with Gasteiger partial charge in [-0.3, -0.25) is 4.79 Å². The van der Waals surface area contributed by atoms with Gasteiger partial charge in [0.25, 0.3) is 5.91 Å². The van der Waals surface area contributed by atoms with E-state index in [2.05, 4.69) is 48.0 Å². The maximum absolute atomic E-state index is 12.4. The molecule has 0 unspecified atom stereocenters. The van der Waals surface area contributed by atoms with E-state index in [0.717, 1.165) is 19.6 Å². The van der Waals surface area contributed by atoms with Crippen molar-refractivity contribution >= 4 is 22.9 Å². The van der Waals surface area contributed by atoms with E-state index in [1.54, 1.807) is 5.51 Å². The maximum Gasteiger partial charge on any atom is 0.273 e. The van der Waals surface area contributed by atoms with Crippen LogP contribution in [0.4, 0.5) is 5.69 Å². The fraction of sp³-hybridized carbons (Fsp3) is 0.375. The van der Waals surface area contributed by atoms with Crippen molar-refractivity contribution in [1.29, 1.82) is 0 Å². The molecule has 4 nitrogen and oxygen atoms in total. The normalized spacial score (nSPS) is 18.9. The van der Waals surface area contributed by atoms with E-state index in [0.29, 0.717) is 5.69 Å². The molecule has 110 valence electrons. The highest BCUT2D eigenvalue weighted by Crippen LogP contribution is 2.23. The quantitative estimate of drug-likeness (QED) is 0.856. The minimum Gasteiger partial charge on any atom is -0.367 e. The van der Waals surface area contributed by atoms with Crippen molar-refractivity contribution in [3.63, 3.8) is 0 Å². The van der Waals surface area contributed by atoms with Gasteiger partial charge in [-0.15, -0.1) is 11.3 Å². The van der Waals surface area contributed by atoms with Gasteiger partial charge in [0.15, 0.2) is 0 Å². The van der Waals surface area contributed by atoms with Crippen LogP contribution >= 0.6 is 11.3 Å². The van der Waals surface area contributed by atoms with Crippen molar-refractivity contribution in [2.24, 2.45) is 0 Å². The van der Waals surface area contributed by atoms with Gasteiger partial charge in [0, 0.05) is 36.7 Å². The second-order valence-corrected chi connectivity index (χ2v) is 6.17. The van der Waals surface area contributed by atoms with Gasteiger partial charge in [-0.05, 0) is 25.5 Å². The van der Waals surface area contributed by atoms with Gasteiger partial charge >= 0.3 is 0 Å². The average Bonchev–Trinajstić information content (AvgIpc) is 3.01. The largest absolute Gasteiger partial charge is 0.367 e.